The predicted molar refractivity (Wildman–Crippen MR) is 300 cm³/mol. The van der Waals surface area contributed by atoms with Gasteiger partial charge in [0, 0.05) is 83.5 Å². The van der Waals surface area contributed by atoms with Crippen molar-refractivity contribution >= 4 is 20.7 Å². The SMILES string of the molecule is C/C=C\C(C)N/C(C)=C\NCCC.C1=Cc2c([nH]c3c2CC=C3)C1.C=CC.C=CC(PC)C1C=CC2=C1N(C1=CC=CC1)/C=C\C=C/C2=C.CC.CC.CC.CC.CC.CC.CC. The van der Waals surface area contributed by atoms with Crippen molar-refractivity contribution in [2.75, 3.05) is 13.2 Å². The normalized spacial score (nSPS) is 16.7. The van der Waals surface area contributed by atoms with E-state index in [4.69, 9.17) is 0 Å². The summed E-state index contributed by atoms with van der Waals surface area (Å²) >= 11 is 0. The molecule has 3 N–H and O–H groups in total. The second-order valence-electron chi connectivity index (χ2n) is 12.4. The molecule has 4 atom stereocenters. The number of nitrogens with zero attached hydrogens (tertiary/aromatic N) is 1. The number of rotatable bonds is 10. The first-order valence-corrected chi connectivity index (χ1v) is 26.3. The van der Waals surface area contributed by atoms with E-state index in [1.807, 2.05) is 117 Å². The summed E-state index contributed by atoms with van der Waals surface area (Å²) in [6.07, 6.45) is 42.8. The average Bonchev–Trinajstić information content (AvgIpc) is 4.20. The molecular formula is C58H101N4P. The molecule has 358 valence electrons. The Morgan fingerprint density at radius 2 is 1.44 bits per heavy atom. The second-order valence-corrected chi connectivity index (χ2v) is 13.6. The first-order chi connectivity index (χ1) is 30.8. The van der Waals surface area contributed by atoms with Crippen LogP contribution in [-0.2, 0) is 12.8 Å². The fourth-order valence-electron chi connectivity index (χ4n) is 6.25. The van der Waals surface area contributed by atoms with Crippen LogP contribution in [0.2, 0.25) is 0 Å². The van der Waals surface area contributed by atoms with Gasteiger partial charge >= 0.3 is 0 Å². The molecule has 0 spiro atoms. The van der Waals surface area contributed by atoms with Gasteiger partial charge in [-0.25, -0.2) is 0 Å². The fourth-order valence-corrected chi connectivity index (χ4v) is 7.11. The highest BCUT2D eigenvalue weighted by Crippen LogP contribution is 2.42. The van der Waals surface area contributed by atoms with Gasteiger partial charge in [0.05, 0.1) is 0 Å². The highest BCUT2D eigenvalue weighted by Gasteiger charge is 2.31. The fraction of sp³-hybridized carbons (Fsp3) is 0.483. The Bertz CT molecular complexity index is 1600. The van der Waals surface area contributed by atoms with Crippen molar-refractivity contribution in [3.8, 4) is 0 Å². The number of aromatic nitrogens is 1. The Balaban J connectivity index is -0.000000237. The van der Waals surface area contributed by atoms with Crippen molar-refractivity contribution in [3.63, 3.8) is 0 Å². The van der Waals surface area contributed by atoms with Crippen molar-refractivity contribution in [2.45, 2.75) is 169 Å². The number of hydrogen-bond donors (Lipinski definition) is 3. The number of H-pyrrole nitrogens is 1. The Kier molecular flexibility index (Phi) is 52.5. The summed E-state index contributed by atoms with van der Waals surface area (Å²) in [5.74, 6) is 0.380. The van der Waals surface area contributed by atoms with Crippen LogP contribution in [0, 0.1) is 5.92 Å². The molecule has 0 saturated heterocycles. The van der Waals surface area contributed by atoms with E-state index in [1.54, 1.807) is 6.08 Å². The van der Waals surface area contributed by atoms with Crippen molar-refractivity contribution in [2.24, 2.45) is 5.92 Å². The van der Waals surface area contributed by atoms with Gasteiger partial charge in [-0.05, 0) is 82.1 Å². The Hall–Kier alpha value is -4.27. The zero-order valence-electron chi connectivity index (χ0n) is 44.7. The number of fused-ring (bicyclic) bond motifs is 3. The van der Waals surface area contributed by atoms with Gasteiger partial charge in [0.1, 0.15) is 0 Å². The zero-order chi connectivity index (χ0) is 49.6. The summed E-state index contributed by atoms with van der Waals surface area (Å²) in [6, 6.07) is 0.407. The van der Waals surface area contributed by atoms with Gasteiger partial charge in [0.25, 0.3) is 0 Å². The molecule has 1 aliphatic heterocycles. The number of nitrogens with one attached hydrogen (secondary N) is 3. The monoisotopic (exact) mass is 885 g/mol. The van der Waals surface area contributed by atoms with Crippen molar-refractivity contribution in [1.29, 1.82) is 0 Å². The molecule has 5 heteroatoms. The first-order valence-electron chi connectivity index (χ1n) is 24.7. The quantitative estimate of drug-likeness (QED) is 0.125. The van der Waals surface area contributed by atoms with E-state index >= 15 is 0 Å². The predicted octanol–water partition coefficient (Wildman–Crippen LogP) is 18.0. The molecule has 1 aromatic heterocycles. The van der Waals surface area contributed by atoms with E-state index < -0.39 is 0 Å². The average molecular weight is 885 g/mol. The minimum absolute atomic E-state index is 0.380. The van der Waals surface area contributed by atoms with Crippen LogP contribution in [0.1, 0.15) is 167 Å². The lowest BCUT2D eigenvalue weighted by Crippen LogP contribution is -2.25. The molecule has 1 aromatic rings. The van der Waals surface area contributed by atoms with Crippen LogP contribution in [-0.4, -0.2) is 34.8 Å². The molecule has 63 heavy (non-hydrogen) atoms. The van der Waals surface area contributed by atoms with Crippen LogP contribution in [0.4, 0.5) is 0 Å². The summed E-state index contributed by atoms with van der Waals surface area (Å²) in [7, 11) is 0.838. The van der Waals surface area contributed by atoms with Gasteiger partial charge in [-0.2, -0.15) is 0 Å². The van der Waals surface area contributed by atoms with Crippen LogP contribution in [0.5, 0.6) is 0 Å². The molecule has 4 unspecified atom stereocenters. The van der Waals surface area contributed by atoms with Gasteiger partial charge in [0.15, 0.2) is 0 Å². The second kappa shape index (κ2) is 48.8. The lowest BCUT2D eigenvalue weighted by molar-refractivity contribution is 0.499. The Morgan fingerprint density at radius 3 is 1.97 bits per heavy atom. The topological polar surface area (TPSA) is 43.1 Å². The largest absolute Gasteiger partial charge is 0.390 e. The standard InChI is InChI=1S/C20H22NP.C11H22N2.C10H9N.C3H6.7C2H6/c1-4-19(22-3)18-13-12-17-15(2)9-7-8-14-21(20(17)18)16-10-5-6-11-16;1-5-7-10(3)13-11(4)9-12-8-6-2;1-3-7-8-4-2-6-10(8)11-9(7)5-1;1-3-2;7*1-2/h4-10,12-14,18-19,22H,1-2,11H2,3H3;5,7,9-10,12-13H,6,8H2,1-4H3;1-3,6,11H,4-5H2;3H,1H2,2H3;7*1-2H3/b9-7-,14-8-;7-5-,11-9-;;;;;;;;;. The van der Waals surface area contributed by atoms with Crippen LogP contribution < -0.4 is 10.6 Å². The van der Waals surface area contributed by atoms with Gasteiger partial charge in [0.2, 0.25) is 0 Å². The van der Waals surface area contributed by atoms with E-state index in [0.29, 0.717) is 17.6 Å². The summed E-state index contributed by atoms with van der Waals surface area (Å²) in [4.78, 5) is 5.78. The molecule has 0 amide bonds. The lowest BCUT2D eigenvalue weighted by Gasteiger charge is -2.32. The van der Waals surface area contributed by atoms with E-state index in [0.717, 1.165) is 46.4 Å². The third-order valence-corrected chi connectivity index (χ3v) is 9.73. The molecule has 0 fully saturated rings. The van der Waals surface area contributed by atoms with Gasteiger partial charge < -0.3 is 20.5 Å². The van der Waals surface area contributed by atoms with Crippen LogP contribution in [0.3, 0.4) is 0 Å². The molecule has 5 aliphatic rings. The van der Waals surface area contributed by atoms with E-state index in [2.05, 4.69) is 165 Å². The minimum atomic E-state index is 0.380. The first kappa shape index (κ1) is 67.8. The zero-order valence-corrected chi connectivity index (χ0v) is 45.7. The highest BCUT2D eigenvalue weighted by molar-refractivity contribution is 7.38. The molecule has 4 aliphatic carbocycles. The summed E-state index contributed by atoms with van der Waals surface area (Å²) < 4.78 is 0. The van der Waals surface area contributed by atoms with E-state index in [-0.39, 0.29) is 0 Å². The number of hydrogen-bond acceptors (Lipinski definition) is 3. The molecule has 0 bridgehead atoms. The Morgan fingerprint density at radius 1 is 0.841 bits per heavy atom. The van der Waals surface area contributed by atoms with Gasteiger partial charge in [-0.15, -0.1) is 21.7 Å². The lowest BCUT2D eigenvalue weighted by atomic mass is 9.97. The number of allylic oxidation sites excluding steroid dienone is 16. The van der Waals surface area contributed by atoms with Crippen molar-refractivity contribution in [1.82, 2.24) is 20.5 Å². The molecule has 0 aromatic carbocycles. The smallest absolute Gasteiger partial charge is 0.0421 e. The van der Waals surface area contributed by atoms with E-state index in [9.17, 15) is 0 Å². The molecule has 0 saturated carbocycles. The molecule has 2 heterocycles. The Labute approximate surface area is 395 Å². The van der Waals surface area contributed by atoms with Gasteiger partial charge in [-0.3, -0.25) is 0 Å². The highest BCUT2D eigenvalue weighted by atomic mass is 31.1. The maximum absolute atomic E-state index is 4.25. The maximum atomic E-state index is 4.25. The number of aromatic amines is 1. The van der Waals surface area contributed by atoms with Crippen LogP contribution in [0.15, 0.2) is 145 Å². The molecule has 4 nitrogen and oxygen atoms in total. The molecule has 0 radical (unpaired) electrons. The van der Waals surface area contributed by atoms with Crippen molar-refractivity contribution < 1.29 is 0 Å². The van der Waals surface area contributed by atoms with E-state index in [1.165, 1.54) is 45.2 Å². The summed E-state index contributed by atoms with van der Waals surface area (Å²) in [5, 5.41) is 6.59. The molecular weight excluding hydrogens is 784 g/mol. The maximum Gasteiger partial charge on any atom is 0.0421 e. The van der Waals surface area contributed by atoms with Crippen LogP contribution >= 0.6 is 8.58 Å². The third kappa shape index (κ3) is 26.2. The minimum Gasteiger partial charge on any atom is -0.390 e. The third-order valence-electron chi connectivity index (χ3n) is 8.47. The van der Waals surface area contributed by atoms with Crippen LogP contribution in [0.25, 0.3) is 12.2 Å². The summed E-state index contributed by atoms with van der Waals surface area (Å²) in [6.45, 7) is 53.2. The van der Waals surface area contributed by atoms with Crippen molar-refractivity contribution in [3.05, 3.63) is 168 Å². The summed E-state index contributed by atoms with van der Waals surface area (Å²) in [5.41, 5.74) is 12.3. The molecule has 6 rings (SSSR count). The van der Waals surface area contributed by atoms with Gasteiger partial charge in [-0.1, -0.05) is 189 Å².